The predicted molar refractivity (Wildman–Crippen MR) is 68.2 cm³/mol. The molecule has 1 N–H and O–H groups in total. The van der Waals surface area contributed by atoms with Gasteiger partial charge in [-0.15, -0.1) is 0 Å². The van der Waals surface area contributed by atoms with Gasteiger partial charge in [0.2, 0.25) is 0 Å². The van der Waals surface area contributed by atoms with E-state index in [9.17, 15) is 9.59 Å². The molecule has 4 heteroatoms. The Bertz CT molecular complexity index is 269. The van der Waals surface area contributed by atoms with Crippen LogP contribution in [0.1, 0.15) is 58.3 Å². The molecule has 1 unspecified atom stereocenters. The number of ether oxygens (including phenoxy) is 1. The highest BCUT2D eigenvalue weighted by molar-refractivity contribution is 5.78. The summed E-state index contributed by atoms with van der Waals surface area (Å²) >= 11 is 0. The van der Waals surface area contributed by atoms with E-state index in [0.717, 1.165) is 25.7 Å². The SMILES string of the molecule is CCCCOC(=O)CC(CC1CCCC1)C(=O)O. The molecule has 104 valence electrons. The number of esters is 1. The van der Waals surface area contributed by atoms with Crippen LogP contribution >= 0.6 is 0 Å². The molecule has 4 nitrogen and oxygen atoms in total. The van der Waals surface area contributed by atoms with Gasteiger partial charge in [-0.3, -0.25) is 9.59 Å². The number of hydrogen-bond donors (Lipinski definition) is 1. The van der Waals surface area contributed by atoms with Crippen molar-refractivity contribution in [2.45, 2.75) is 58.3 Å². The number of unbranched alkanes of at least 4 members (excludes halogenated alkanes) is 1. The number of carbonyl (C=O) groups excluding carboxylic acids is 1. The molecule has 18 heavy (non-hydrogen) atoms. The summed E-state index contributed by atoms with van der Waals surface area (Å²) < 4.78 is 5.03. The molecule has 1 rings (SSSR count). The largest absolute Gasteiger partial charge is 0.481 e. The van der Waals surface area contributed by atoms with Crippen LogP contribution in [0.3, 0.4) is 0 Å². The maximum atomic E-state index is 11.5. The highest BCUT2D eigenvalue weighted by Crippen LogP contribution is 2.31. The topological polar surface area (TPSA) is 63.6 Å². The van der Waals surface area contributed by atoms with E-state index in [1.165, 1.54) is 12.8 Å². The summed E-state index contributed by atoms with van der Waals surface area (Å²) in [6.45, 7) is 2.43. The maximum absolute atomic E-state index is 11.5. The molecule has 0 aliphatic heterocycles. The molecule has 1 saturated carbocycles. The molecule has 1 aliphatic rings. The number of rotatable bonds is 8. The smallest absolute Gasteiger partial charge is 0.307 e. The molecule has 0 saturated heterocycles. The van der Waals surface area contributed by atoms with E-state index < -0.39 is 11.9 Å². The fraction of sp³-hybridized carbons (Fsp3) is 0.857. The van der Waals surface area contributed by atoms with E-state index in [2.05, 4.69) is 0 Å². The molecular weight excluding hydrogens is 232 g/mol. The molecule has 0 heterocycles. The molecule has 0 radical (unpaired) electrons. The van der Waals surface area contributed by atoms with Gasteiger partial charge in [-0.05, 0) is 18.8 Å². The zero-order chi connectivity index (χ0) is 13.4. The molecule has 0 bridgehead atoms. The molecule has 0 aromatic rings. The Morgan fingerprint density at radius 1 is 1.33 bits per heavy atom. The monoisotopic (exact) mass is 256 g/mol. The van der Waals surface area contributed by atoms with Crippen molar-refractivity contribution in [2.24, 2.45) is 11.8 Å². The second kappa shape index (κ2) is 8.11. The molecule has 0 amide bonds. The molecular formula is C14H24O4. The molecule has 1 aliphatic carbocycles. The first kappa shape index (κ1) is 15.0. The number of aliphatic carboxylic acids is 1. The normalized spacial score (nSPS) is 17.6. The lowest BCUT2D eigenvalue weighted by atomic mass is 9.91. The Balaban J connectivity index is 2.32. The van der Waals surface area contributed by atoms with Gasteiger partial charge in [0.05, 0.1) is 18.9 Å². The lowest BCUT2D eigenvalue weighted by Gasteiger charge is -2.16. The number of carboxylic acid groups (broad SMARTS) is 1. The van der Waals surface area contributed by atoms with Crippen LogP contribution in [0.2, 0.25) is 0 Å². The number of carboxylic acids is 1. The summed E-state index contributed by atoms with van der Waals surface area (Å²) in [5.74, 6) is -1.32. The van der Waals surface area contributed by atoms with Crippen LogP contribution in [0, 0.1) is 11.8 Å². The Hall–Kier alpha value is -1.06. The number of carbonyl (C=O) groups is 2. The predicted octanol–water partition coefficient (Wildman–Crippen LogP) is 3.00. The Morgan fingerprint density at radius 2 is 2.00 bits per heavy atom. The van der Waals surface area contributed by atoms with Crippen molar-refractivity contribution in [1.29, 1.82) is 0 Å². The first-order valence-electron chi connectivity index (χ1n) is 7.02. The minimum atomic E-state index is -0.866. The van der Waals surface area contributed by atoms with Crippen molar-refractivity contribution in [1.82, 2.24) is 0 Å². The molecule has 0 aromatic heterocycles. The van der Waals surface area contributed by atoms with Crippen molar-refractivity contribution in [3.63, 3.8) is 0 Å². The van der Waals surface area contributed by atoms with Gasteiger partial charge < -0.3 is 9.84 Å². The first-order valence-corrected chi connectivity index (χ1v) is 7.02. The second-order valence-electron chi connectivity index (χ2n) is 5.20. The minimum absolute atomic E-state index is 0.0234. The first-order chi connectivity index (χ1) is 8.63. The number of hydrogen-bond acceptors (Lipinski definition) is 3. The minimum Gasteiger partial charge on any atom is -0.481 e. The van der Waals surface area contributed by atoms with Gasteiger partial charge in [0, 0.05) is 0 Å². The van der Waals surface area contributed by atoms with E-state index >= 15 is 0 Å². The summed E-state index contributed by atoms with van der Waals surface area (Å²) in [6, 6.07) is 0. The van der Waals surface area contributed by atoms with Crippen molar-refractivity contribution in [3.8, 4) is 0 Å². The Labute approximate surface area is 109 Å². The average molecular weight is 256 g/mol. The van der Waals surface area contributed by atoms with Gasteiger partial charge in [-0.1, -0.05) is 39.0 Å². The van der Waals surface area contributed by atoms with Crippen LogP contribution < -0.4 is 0 Å². The van der Waals surface area contributed by atoms with E-state index in [0.29, 0.717) is 18.9 Å². The second-order valence-corrected chi connectivity index (χ2v) is 5.20. The summed E-state index contributed by atoms with van der Waals surface area (Å²) in [5, 5.41) is 9.15. The van der Waals surface area contributed by atoms with Gasteiger partial charge in [0.25, 0.3) is 0 Å². The summed E-state index contributed by atoms with van der Waals surface area (Å²) in [5.41, 5.74) is 0. The van der Waals surface area contributed by atoms with Gasteiger partial charge in [-0.25, -0.2) is 0 Å². The van der Waals surface area contributed by atoms with Crippen LogP contribution in [-0.4, -0.2) is 23.7 Å². The highest BCUT2D eigenvalue weighted by Gasteiger charge is 2.27. The fourth-order valence-electron chi connectivity index (χ4n) is 2.51. The van der Waals surface area contributed by atoms with Gasteiger partial charge >= 0.3 is 11.9 Å². The fourth-order valence-corrected chi connectivity index (χ4v) is 2.51. The third-order valence-corrected chi connectivity index (χ3v) is 3.62. The molecule has 1 fully saturated rings. The molecule has 0 aromatic carbocycles. The zero-order valence-corrected chi connectivity index (χ0v) is 11.2. The van der Waals surface area contributed by atoms with E-state index in [4.69, 9.17) is 9.84 Å². The summed E-state index contributed by atoms with van der Waals surface area (Å²) in [6.07, 6.45) is 7.05. The summed E-state index contributed by atoms with van der Waals surface area (Å²) in [4.78, 5) is 22.7. The lowest BCUT2D eigenvalue weighted by Crippen LogP contribution is -2.22. The lowest BCUT2D eigenvalue weighted by molar-refractivity contribution is -0.152. The zero-order valence-electron chi connectivity index (χ0n) is 11.2. The van der Waals surface area contributed by atoms with E-state index in [-0.39, 0.29) is 12.4 Å². The molecule has 1 atom stereocenters. The Kier molecular flexibility index (Phi) is 6.76. The van der Waals surface area contributed by atoms with Crippen LogP contribution in [-0.2, 0) is 14.3 Å². The van der Waals surface area contributed by atoms with Crippen molar-refractivity contribution < 1.29 is 19.4 Å². The van der Waals surface area contributed by atoms with Gasteiger partial charge in [-0.2, -0.15) is 0 Å². The standard InChI is InChI=1S/C14H24O4/c1-2-3-8-18-13(15)10-12(14(16)17)9-11-6-4-5-7-11/h11-12H,2-10H2,1H3,(H,16,17). The maximum Gasteiger partial charge on any atom is 0.307 e. The van der Waals surface area contributed by atoms with Crippen LogP contribution in [0.15, 0.2) is 0 Å². The average Bonchev–Trinajstić information content (AvgIpc) is 2.81. The summed E-state index contributed by atoms with van der Waals surface area (Å²) in [7, 11) is 0. The van der Waals surface area contributed by atoms with Crippen molar-refractivity contribution >= 4 is 11.9 Å². The van der Waals surface area contributed by atoms with E-state index in [1.54, 1.807) is 0 Å². The van der Waals surface area contributed by atoms with Gasteiger partial charge in [0.15, 0.2) is 0 Å². The third kappa shape index (κ3) is 5.52. The third-order valence-electron chi connectivity index (χ3n) is 3.62. The molecule has 0 spiro atoms. The van der Waals surface area contributed by atoms with Crippen LogP contribution in [0.4, 0.5) is 0 Å². The quantitative estimate of drug-likeness (QED) is 0.535. The van der Waals surface area contributed by atoms with Crippen molar-refractivity contribution in [3.05, 3.63) is 0 Å². The van der Waals surface area contributed by atoms with Gasteiger partial charge in [0.1, 0.15) is 0 Å². The van der Waals surface area contributed by atoms with Crippen LogP contribution in [0.5, 0.6) is 0 Å². The highest BCUT2D eigenvalue weighted by atomic mass is 16.5. The van der Waals surface area contributed by atoms with Crippen LogP contribution in [0.25, 0.3) is 0 Å². The Morgan fingerprint density at radius 3 is 2.56 bits per heavy atom. The van der Waals surface area contributed by atoms with Crippen molar-refractivity contribution in [2.75, 3.05) is 6.61 Å². The van der Waals surface area contributed by atoms with E-state index in [1.807, 2.05) is 6.92 Å².